The number of para-hydroxylation sites is 1. The van der Waals surface area contributed by atoms with Crippen LogP contribution in [0.3, 0.4) is 0 Å². The second-order valence-corrected chi connectivity index (χ2v) is 26.6. The maximum atomic E-state index is 2.73. The third-order valence-electron chi connectivity index (χ3n) is 17.3. The summed E-state index contributed by atoms with van der Waals surface area (Å²) in [6.07, 6.45) is 14.0. The van der Waals surface area contributed by atoms with Gasteiger partial charge in [0, 0.05) is 66.0 Å². The zero-order valence-electron chi connectivity index (χ0n) is 44.7. The quantitative estimate of drug-likeness (QED) is 0.163. The predicted molar refractivity (Wildman–Crippen MR) is 312 cm³/mol. The molecule has 0 amide bonds. The van der Waals surface area contributed by atoms with Gasteiger partial charge in [-0.15, -0.1) is 11.8 Å². The van der Waals surface area contributed by atoms with Crippen LogP contribution in [0, 0.1) is 12.3 Å². The summed E-state index contributed by atoms with van der Waals surface area (Å²) in [6, 6.07) is 43.7. The van der Waals surface area contributed by atoms with E-state index in [1.165, 1.54) is 128 Å². The standard InChI is InChI=1S/C67H68BN3S/c1-39-34-41(64(3,4)5)28-32-51(39)69(52-33-29-42(35-40(52)2)65(6,7)8)44-30-31-49-54(38-44)70(53-25-19-27-58-59(53)46-21-15-17-26-57(46)72-58)55-36-43(66(9,10)11)37-56-61(55)68(49)50-24-18-22-47-60-63(71(56)62(47)50)45-20-14-16-23-48(45)67(60,12)13/h14-25,27-32,34-38,52,57H,26,33H2,1-13H3. The van der Waals surface area contributed by atoms with Crippen molar-refractivity contribution in [2.24, 2.45) is 5.41 Å². The predicted octanol–water partition coefficient (Wildman–Crippen LogP) is 16.1. The average molecular weight is 958 g/mol. The van der Waals surface area contributed by atoms with E-state index in [1.807, 2.05) is 11.8 Å². The van der Waals surface area contributed by atoms with Crippen molar-refractivity contribution < 1.29 is 0 Å². The van der Waals surface area contributed by atoms with Crippen LogP contribution in [0.1, 0.15) is 129 Å². The smallest absolute Gasteiger partial charge is 0.252 e. The van der Waals surface area contributed by atoms with Crippen molar-refractivity contribution in [3.63, 3.8) is 0 Å². The Morgan fingerprint density at radius 1 is 0.694 bits per heavy atom. The number of rotatable bonds is 4. The minimum Gasteiger partial charge on any atom is -0.334 e. The molecule has 72 heavy (non-hydrogen) atoms. The summed E-state index contributed by atoms with van der Waals surface area (Å²) >= 11 is 2.04. The number of nitrogens with zero attached hydrogens (tertiary/aromatic N) is 3. The number of hydrogen-bond acceptors (Lipinski definition) is 3. The molecule has 0 fully saturated rings. The number of thioether (sulfide) groups is 1. The number of hydrogen-bond donors (Lipinski definition) is 0. The summed E-state index contributed by atoms with van der Waals surface area (Å²) in [5, 5.41) is 1.79. The van der Waals surface area contributed by atoms with Crippen molar-refractivity contribution in [3.8, 4) is 16.9 Å². The van der Waals surface area contributed by atoms with Gasteiger partial charge in [-0.1, -0.05) is 179 Å². The lowest BCUT2D eigenvalue weighted by atomic mass is 9.33. The summed E-state index contributed by atoms with van der Waals surface area (Å²) in [5.41, 5.74) is 28.3. The Balaban J connectivity index is 1.13. The van der Waals surface area contributed by atoms with Gasteiger partial charge in [0.15, 0.2) is 0 Å². The molecule has 13 rings (SSSR count). The highest BCUT2D eigenvalue weighted by Gasteiger charge is 2.48. The van der Waals surface area contributed by atoms with Crippen molar-refractivity contribution in [1.82, 2.24) is 4.57 Å². The van der Waals surface area contributed by atoms with Crippen LogP contribution in [-0.2, 0) is 16.2 Å². The van der Waals surface area contributed by atoms with Crippen LogP contribution in [-0.4, -0.2) is 22.6 Å². The normalized spacial score (nSPS) is 19.0. The van der Waals surface area contributed by atoms with Gasteiger partial charge in [0.25, 0.3) is 6.71 Å². The molecule has 0 saturated carbocycles. The zero-order chi connectivity index (χ0) is 50.1. The van der Waals surface area contributed by atoms with E-state index >= 15 is 0 Å². The largest absolute Gasteiger partial charge is 0.334 e. The van der Waals surface area contributed by atoms with Crippen molar-refractivity contribution >= 4 is 79.8 Å². The van der Waals surface area contributed by atoms with Crippen LogP contribution < -0.4 is 26.2 Å². The molecule has 1 aromatic heterocycles. The van der Waals surface area contributed by atoms with Crippen molar-refractivity contribution in [2.75, 3.05) is 9.80 Å². The van der Waals surface area contributed by atoms with Gasteiger partial charge < -0.3 is 14.4 Å². The van der Waals surface area contributed by atoms with Gasteiger partial charge >= 0.3 is 0 Å². The molecule has 5 heteroatoms. The maximum Gasteiger partial charge on any atom is 0.252 e. The molecule has 2 unspecified atom stereocenters. The minimum atomic E-state index is -0.153. The fourth-order valence-corrected chi connectivity index (χ4v) is 14.9. The van der Waals surface area contributed by atoms with Crippen LogP contribution in [0.2, 0.25) is 0 Å². The number of allylic oxidation sites excluding steroid dienone is 5. The number of benzene rings is 6. The molecule has 0 saturated heterocycles. The fourth-order valence-electron chi connectivity index (χ4n) is 13.6. The minimum absolute atomic E-state index is 0.0273. The average Bonchev–Trinajstić information content (AvgIpc) is 3.97. The highest BCUT2D eigenvalue weighted by Crippen LogP contribution is 2.57. The van der Waals surface area contributed by atoms with Gasteiger partial charge in [-0.2, -0.15) is 0 Å². The molecule has 2 atom stereocenters. The van der Waals surface area contributed by atoms with E-state index in [-0.39, 0.29) is 34.4 Å². The van der Waals surface area contributed by atoms with Gasteiger partial charge in [-0.3, -0.25) is 0 Å². The topological polar surface area (TPSA) is 11.4 Å². The van der Waals surface area contributed by atoms with E-state index < -0.39 is 0 Å². The molecule has 3 aliphatic carbocycles. The number of anilines is 5. The summed E-state index contributed by atoms with van der Waals surface area (Å²) in [6.45, 7) is 30.8. The highest BCUT2D eigenvalue weighted by atomic mass is 32.2. The third kappa shape index (κ3) is 6.51. The van der Waals surface area contributed by atoms with E-state index in [2.05, 4.69) is 244 Å². The number of aromatic nitrogens is 1. The van der Waals surface area contributed by atoms with Gasteiger partial charge in [0.05, 0.1) is 17.4 Å². The summed E-state index contributed by atoms with van der Waals surface area (Å²) < 4.78 is 2.72. The molecule has 3 nitrogen and oxygen atoms in total. The second-order valence-electron chi connectivity index (χ2n) is 25.4. The molecule has 360 valence electrons. The second kappa shape index (κ2) is 15.4. The molecule has 0 radical (unpaired) electrons. The summed E-state index contributed by atoms with van der Waals surface area (Å²) in [4.78, 5) is 6.80. The molecule has 3 aliphatic heterocycles. The van der Waals surface area contributed by atoms with Crippen LogP contribution in [0.15, 0.2) is 156 Å². The summed E-state index contributed by atoms with van der Waals surface area (Å²) in [7, 11) is 0. The molecule has 7 aromatic rings. The van der Waals surface area contributed by atoms with E-state index in [0.717, 1.165) is 12.8 Å². The van der Waals surface area contributed by atoms with Gasteiger partial charge in [-0.25, -0.2) is 0 Å². The van der Waals surface area contributed by atoms with Gasteiger partial charge in [0.1, 0.15) is 0 Å². The van der Waals surface area contributed by atoms with E-state index in [0.29, 0.717) is 5.25 Å². The van der Waals surface area contributed by atoms with E-state index in [9.17, 15) is 0 Å². The Labute approximate surface area is 433 Å². The third-order valence-corrected chi connectivity index (χ3v) is 18.6. The molecule has 0 N–H and O–H groups in total. The molecular weight excluding hydrogens is 890 g/mol. The first-order valence-corrected chi connectivity index (χ1v) is 27.5. The Morgan fingerprint density at radius 3 is 2.21 bits per heavy atom. The van der Waals surface area contributed by atoms with Crippen LogP contribution in [0.5, 0.6) is 0 Å². The fraction of sp³-hybridized carbons (Fsp3) is 0.313. The molecule has 0 spiro atoms. The van der Waals surface area contributed by atoms with Crippen LogP contribution >= 0.6 is 11.8 Å². The Hall–Kier alpha value is -6.17. The number of aryl methyl sites for hydroxylation is 1. The van der Waals surface area contributed by atoms with Crippen molar-refractivity contribution in [2.45, 2.75) is 135 Å². The highest BCUT2D eigenvalue weighted by molar-refractivity contribution is 8.00. The monoisotopic (exact) mass is 958 g/mol. The van der Waals surface area contributed by atoms with Gasteiger partial charge in [0.2, 0.25) is 0 Å². The van der Waals surface area contributed by atoms with Crippen LogP contribution in [0.4, 0.5) is 28.4 Å². The van der Waals surface area contributed by atoms with E-state index in [1.54, 1.807) is 0 Å². The molecule has 6 aromatic carbocycles. The van der Waals surface area contributed by atoms with E-state index in [4.69, 9.17) is 0 Å². The lowest BCUT2D eigenvalue weighted by Crippen LogP contribution is -2.60. The Bertz CT molecular complexity index is 3640. The van der Waals surface area contributed by atoms with Gasteiger partial charge in [-0.05, 0) is 141 Å². The first-order chi connectivity index (χ1) is 34.2. The zero-order valence-corrected chi connectivity index (χ0v) is 45.5. The molecule has 4 heterocycles. The first-order valence-electron chi connectivity index (χ1n) is 26.6. The Morgan fingerprint density at radius 2 is 1.46 bits per heavy atom. The van der Waals surface area contributed by atoms with Crippen LogP contribution in [0.25, 0.3) is 33.4 Å². The number of fused-ring (bicyclic) bond motifs is 12. The lowest BCUT2D eigenvalue weighted by Gasteiger charge is -2.43. The molecule has 0 bridgehead atoms. The molecule has 6 aliphatic rings. The SMILES string of the molecule is CC1=CC(C(C)(C)C)=CCC1N(c1ccc2c(c1)N(c1cccc3c1C1=CC=CCC1S3)c1cc(C(C)(C)C)cc3c1B2c1cccc2c4c(n-3c12)-c1ccccc1C4(C)C)c1ccc(C(C)(C)C)cc1C. The first kappa shape index (κ1) is 45.7. The van der Waals surface area contributed by atoms with Crippen molar-refractivity contribution in [3.05, 3.63) is 184 Å². The van der Waals surface area contributed by atoms with Crippen molar-refractivity contribution in [1.29, 1.82) is 0 Å². The summed E-state index contributed by atoms with van der Waals surface area (Å²) in [5.74, 6) is 0. The Kier molecular flexibility index (Phi) is 9.79. The molecular formula is C67H68BN3S. The lowest BCUT2D eigenvalue weighted by molar-refractivity contribution is 0.507. The maximum absolute atomic E-state index is 2.73.